The largest absolute Gasteiger partial charge is 0.381 e. The third-order valence-electron chi connectivity index (χ3n) is 2.02. The zero-order valence-corrected chi connectivity index (χ0v) is 9.36. The molecule has 0 aliphatic carbocycles. The van der Waals surface area contributed by atoms with Crippen LogP contribution in [0.1, 0.15) is 5.56 Å². The second-order valence-electron chi connectivity index (χ2n) is 3.42. The molecule has 0 aliphatic heterocycles. The van der Waals surface area contributed by atoms with Crippen molar-refractivity contribution in [3.63, 3.8) is 0 Å². The van der Waals surface area contributed by atoms with E-state index in [1.54, 1.807) is 12.1 Å². The van der Waals surface area contributed by atoms with Gasteiger partial charge in [-0.15, -0.1) is 0 Å². The van der Waals surface area contributed by atoms with E-state index in [1.807, 2.05) is 19.1 Å². The molecule has 2 rings (SSSR count). The lowest BCUT2D eigenvalue weighted by Gasteiger charge is -2.03. The Morgan fingerprint density at radius 3 is 2.69 bits per heavy atom. The predicted molar refractivity (Wildman–Crippen MR) is 60.2 cm³/mol. The SMILES string of the molecule is Cc1ccc2nc(OS(N)(=O)=O)ccc2c1. The molecule has 0 unspecified atom stereocenters. The standard InChI is InChI=1S/C10H10N2O3S/c1-7-2-4-9-8(6-7)3-5-10(12-9)15-16(11,13)14/h2-6H,1H3,(H2,11,13,14). The molecule has 0 aliphatic rings. The normalized spacial score (nSPS) is 11.6. The minimum Gasteiger partial charge on any atom is -0.350 e. The molecule has 2 N–H and O–H groups in total. The molecule has 0 atom stereocenters. The van der Waals surface area contributed by atoms with Gasteiger partial charge in [-0.05, 0) is 25.1 Å². The molecule has 1 aromatic heterocycles. The summed E-state index contributed by atoms with van der Waals surface area (Å²) in [7, 11) is -4.02. The van der Waals surface area contributed by atoms with Gasteiger partial charge in [0.2, 0.25) is 5.88 Å². The van der Waals surface area contributed by atoms with E-state index in [0.29, 0.717) is 5.52 Å². The predicted octanol–water partition coefficient (Wildman–Crippen LogP) is 1.13. The first-order chi connectivity index (χ1) is 7.44. The Hall–Kier alpha value is -1.66. The highest BCUT2D eigenvalue weighted by atomic mass is 32.2. The smallest absolute Gasteiger partial charge is 0.350 e. The first-order valence-electron chi connectivity index (χ1n) is 4.54. The molecular formula is C10H10N2O3S. The van der Waals surface area contributed by atoms with Crippen LogP contribution in [0.4, 0.5) is 0 Å². The molecule has 16 heavy (non-hydrogen) atoms. The summed E-state index contributed by atoms with van der Waals surface area (Å²) in [5, 5.41) is 5.66. The molecule has 5 nitrogen and oxygen atoms in total. The van der Waals surface area contributed by atoms with Crippen molar-refractivity contribution in [2.75, 3.05) is 0 Å². The Morgan fingerprint density at radius 1 is 1.25 bits per heavy atom. The molecule has 0 spiro atoms. The third-order valence-corrected chi connectivity index (χ3v) is 2.42. The van der Waals surface area contributed by atoms with Gasteiger partial charge in [-0.25, -0.2) is 4.98 Å². The first-order valence-corrected chi connectivity index (χ1v) is 6.01. The maximum Gasteiger partial charge on any atom is 0.381 e. The van der Waals surface area contributed by atoms with Gasteiger partial charge in [-0.1, -0.05) is 11.6 Å². The van der Waals surface area contributed by atoms with Crippen LogP contribution in [0, 0.1) is 6.92 Å². The van der Waals surface area contributed by atoms with Gasteiger partial charge >= 0.3 is 10.3 Å². The summed E-state index contributed by atoms with van der Waals surface area (Å²) < 4.78 is 25.9. The van der Waals surface area contributed by atoms with Crippen LogP contribution in [0.25, 0.3) is 10.9 Å². The Morgan fingerprint density at radius 2 is 2.00 bits per heavy atom. The number of hydrogen-bond acceptors (Lipinski definition) is 4. The minimum absolute atomic E-state index is 0.0288. The van der Waals surface area contributed by atoms with Gasteiger partial charge in [0.05, 0.1) is 5.52 Å². The van der Waals surface area contributed by atoms with Crippen LogP contribution in [0.15, 0.2) is 30.3 Å². The monoisotopic (exact) mass is 238 g/mol. The summed E-state index contributed by atoms with van der Waals surface area (Å²) >= 11 is 0. The van der Waals surface area contributed by atoms with Crippen LogP contribution in [0.5, 0.6) is 5.88 Å². The molecular weight excluding hydrogens is 228 g/mol. The number of rotatable bonds is 2. The molecule has 1 heterocycles. The molecule has 0 radical (unpaired) electrons. The van der Waals surface area contributed by atoms with Crippen molar-refractivity contribution in [3.8, 4) is 5.88 Å². The molecule has 2 aromatic rings. The summed E-state index contributed by atoms with van der Waals surface area (Å²) in [5.74, 6) is -0.0288. The molecule has 0 bridgehead atoms. The quantitative estimate of drug-likeness (QED) is 0.850. The molecule has 0 saturated carbocycles. The zero-order valence-electron chi connectivity index (χ0n) is 8.54. The van der Waals surface area contributed by atoms with Gasteiger partial charge in [0, 0.05) is 11.5 Å². The van der Waals surface area contributed by atoms with Crippen molar-refractivity contribution in [1.82, 2.24) is 4.98 Å². The van der Waals surface area contributed by atoms with Crippen molar-refractivity contribution in [2.45, 2.75) is 6.92 Å². The number of aryl methyl sites for hydroxylation is 1. The maximum absolute atomic E-state index is 10.7. The third kappa shape index (κ3) is 2.47. The lowest BCUT2D eigenvalue weighted by molar-refractivity contribution is 0.479. The van der Waals surface area contributed by atoms with Crippen LogP contribution in [-0.2, 0) is 10.3 Å². The van der Waals surface area contributed by atoms with Crippen molar-refractivity contribution in [3.05, 3.63) is 35.9 Å². The number of aromatic nitrogens is 1. The van der Waals surface area contributed by atoms with Gasteiger partial charge in [-0.2, -0.15) is 13.6 Å². The van der Waals surface area contributed by atoms with Crippen molar-refractivity contribution in [2.24, 2.45) is 5.14 Å². The van der Waals surface area contributed by atoms with Gasteiger partial charge in [-0.3, -0.25) is 0 Å². The van der Waals surface area contributed by atoms with Crippen LogP contribution < -0.4 is 9.32 Å². The van der Waals surface area contributed by atoms with E-state index in [1.165, 1.54) is 6.07 Å². The van der Waals surface area contributed by atoms with Gasteiger partial charge in [0.15, 0.2) is 0 Å². The summed E-state index contributed by atoms with van der Waals surface area (Å²) in [6, 6.07) is 8.82. The number of fused-ring (bicyclic) bond motifs is 1. The van der Waals surface area contributed by atoms with Gasteiger partial charge in [0.25, 0.3) is 0 Å². The Balaban J connectivity index is 2.49. The fourth-order valence-electron chi connectivity index (χ4n) is 1.39. The average Bonchev–Trinajstić information content (AvgIpc) is 2.16. The Bertz CT molecular complexity index is 638. The van der Waals surface area contributed by atoms with Crippen molar-refractivity contribution >= 4 is 21.2 Å². The molecule has 0 saturated heterocycles. The average molecular weight is 238 g/mol. The van der Waals surface area contributed by atoms with Gasteiger partial charge < -0.3 is 4.18 Å². The molecule has 1 aromatic carbocycles. The second kappa shape index (κ2) is 3.73. The van der Waals surface area contributed by atoms with Crippen molar-refractivity contribution in [1.29, 1.82) is 0 Å². The second-order valence-corrected chi connectivity index (χ2v) is 4.57. The van der Waals surface area contributed by atoms with E-state index >= 15 is 0 Å². The number of nitrogens with two attached hydrogens (primary N) is 1. The van der Waals surface area contributed by atoms with Gasteiger partial charge in [0.1, 0.15) is 0 Å². The minimum atomic E-state index is -4.02. The van der Waals surface area contributed by atoms with Crippen LogP contribution >= 0.6 is 0 Å². The Labute approximate surface area is 93.1 Å². The number of benzene rings is 1. The number of nitrogens with zero attached hydrogens (tertiary/aromatic N) is 1. The fourth-order valence-corrected chi connectivity index (χ4v) is 1.72. The van der Waals surface area contributed by atoms with Crippen LogP contribution in [0.2, 0.25) is 0 Å². The van der Waals surface area contributed by atoms with E-state index in [2.05, 4.69) is 9.17 Å². The number of pyridine rings is 1. The summed E-state index contributed by atoms with van der Waals surface area (Å²) in [5.41, 5.74) is 1.76. The van der Waals surface area contributed by atoms with Crippen molar-refractivity contribution < 1.29 is 12.6 Å². The molecule has 0 amide bonds. The van der Waals surface area contributed by atoms with E-state index < -0.39 is 10.3 Å². The summed E-state index contributed by atoms with van der Waals surface area (Å²) in [6.45, 7) is 1.97. The van der Waals surface area contributed by atoms with E-state index in [4.69, 9.17) is 5.14 Å². The lowest BCUT2D eigenvalue weighted by atomic mass is 10.1. The molecule has 0 fully saturated rings. The molecule has 84 valence electrons. The highest BCUT2D eigenvalue weighted by molar-refractivity contribution is 7.84. The van der Waals surface area contributed by atoms with E-state index in [-0.39, 0.29) is 5.88 Å². The fraction of sp³-hybridized carbons (Fsp3) is 0.100. The molecule has 6 heteroatoms. The Kier molecular flexibility index (Phi) is 2.53. The lowest BCUT2D eigenvalue weighted by Crippen LogP contribution is -2.19. The maximum atomic E-state index is 10.7. The van der Waals surface area contributed by atoms with E-state index in [0.717, 1.165) is 10.9 Å². The topological polar surface area (TPSA) is 82.3 Å². The first kappa shape index (κ1) is 10.8. The summed E-state index contributed by atoms with van der Waals surface area (Å²) in [4.78, 5) is 4.02. The zero-order chi connectivity index (χ0) is 11.8. The van der Waals surface area contributed by atoms with E-state index in [9.17, 15) is 8.42 Å². The highest BCUT2D eigenvalue weighted by Crippen LogP contribution is 2.18. The van der Waals surface area contributed by atoms with Crippen LogP contribution in [-0.4, -0.2) is 13.4 Å². The highest BCUT2D eigenvalue weighted by Gasteiger charge is 2.06. The van der Waals surface area contributed by atoms with Crippen LogP contribution in [0.3, 0.4) is 0 Å². The number of hydrogen-bond donors (Lipinski definition) is 1. The summed E-state index contributed by atoms with van der Waals surface area (Å²) in [6.07, 6.45) is 0.